The number of methoxy groups -OCH3 is 2. The number of hydrogen-bond acceptors (Lipinski definition) is 2. The van der Waals surface area contributed by atoms with Crippen LogP contribution in [0.3, 0.4) is 0 Å². The second-order valence-electron chi connectivity index (χ2n) is 2.49. The summed E-state index contributed by atoms with van der Waals surface area (Å²) >= 11 is 3.19. The Labute approximate surface area is 84.8 Å². The molecule has 0 saturated heterocycles. The molecule has 0 heterocycles. The Morgan fingerprint density at radius 1 is 1.38 bits per heavy atom. The summed E-state index contributed by atoms with van der Waals surface area (Å²) in [5.41, 5.74) is 0.488. The second kappa shape index (κ2) is 4.58. The summed E-state index contributed by atoms with van der Waals surface area (Å²) in [5, 5.41) is 0. The Morgan fingerprint density at radius 3 is 2.62 bits per heavy atom. The maximum atomic E-state index is 13.5. The number of benzene rings is 1. The summed E-state index contributed by atoms with van der Waals surface area (Å²) in [5.74, 6) is -0.159. The molecular weight excluding hydrogens is 239 g/mol. The maximum absolute atomic E-state index is 13.5. The fourth-order valence-corrected chi connectivity index (χ4v) is 1.50. The monoisotopic (exact) mass is 248 g/mol. The van der Waals surface area contributed by atoms with Gasteiger partial charge in [0.05, 0.1) is 18.2 Å². The second-order valence-corrected chi connectivity index (χ2v) is 3.34. The van der Waals surface area contributed by atoms with Crippen LogP contribution in [0.25, 0.3) is 0 Å². The summed E-state index contributed by atoms with van der Waals surface area (Å²) in [6.45, 7) is 0.246. The van der Waals surface area contributed by atoms with Crippen molar-refractivity contribution in [2.75, 3.05) is 14.2 Å². The van der Waals surface area contributed by atoms with E-state index in [1.807, 2.05) is 0 Å². The molecule has 0 atom stereocenters. The Bertz CT molecular complexity index is 302. The Hall–Kier alpha value is -0.610. The molecule has 1 aromatic carbocycles. The van der Waals surface area contributed by atoms with Crippen molar-refractivity contribution in [3.8, 4) is 5.75 Å². The third-order valence-corrected chi connectivity index (χ3v) is 2.26. The van der Waals surface area contributed by atoms with E-state index in [0.717, 1.165) is 0 Å². The zero-order chi connectivity index (χ0) is 9.84. The first kappa shape index (κ1) is 10.5. The molecule has 0 aliphatic rings. The highest BCUT2D eigenvalue weighted by molar-refractivity contribution is 9.10. The van der Waals surface area contributed by atoms with Crippen LogP contribution in [0.1, 0.15) is 5.56 Å². The predicted molar refractivity (Wildman–Crippen MR) is 51.4 cm³/mol. The predicted octanol–water partition coefficient (Wildman–Crippen LogP) is 2.74. The first-order valence-electron chi connectivity index (χ1n) is 3.70. The molecule has 1 rings (SSSR count). The van der Waals surface area contributed by atoms with Gasteiger partial charge in [0.25, 0.3) is 0 Å². The molecule has 0 saturated carbocycles. The van der Waals surface area contributed by atoms with Gasteiger partial charge in [-0.05, 0) is 22.0 Å². The average Bonchev–Trinajstić information content (AvgIpc) is 2.11. The largest absolute Gasteiger partial charge is 0.492 e. The fourth-order valence-electron chi connectivity index (χ4n) is 1.03. The topological polar surface area (TPSA) is 18.5 Å². The van der Waals surface area contributed by atoms with Crippen molar-refractivity contribution in [3.63, 3.8) is 0 Å². The Morgan fingerprint density at radius 2 is 2.08 bits per heavy atom. The first-order valence-corrected chi connectivity index (χ1v) is 4.49. The normalized spacial score (nSPS) is 10.2. The van der Waals surface area contributed by atoms with Gasteiger partial charge in [-0.1, -0.05) is 6.07 Å². The van der Waals surface area contributed by atoms with Gasteiger partial charge in [-0.15, -0.1) is 0 Å². The lowest BCUT2D eigenvalue weighted by atomic mass is 10.2. The average molecular weight is 249 g/mol. The van der Waals surface area contributed by atoms with Crippen LogP contribution in [0, 0.1) is 5.82 Å². The van der Waals surface area contributed by atoms with E-state index in [4.69, 9.17) is 9.47 Å². The number of ether oxygens (including phenoxy) is 2. The van der Waals surface area contributed by atoms with Gasteiger partial charge in [0.2, 0.25) is 0 Å². The Kier molecular flexibility index (Phi) is 3.69. The molecule has 0 amide bonds. The van der Waals surface area contributed by atoms with Crippen molar-refractivity contribution in [1.29, 1.82) is 0 Å². The molecule has 13 heavy (non-hydrogen) atoms. The van der Waals surface area contributed by atoms with Crippen LogP contribution in [-0.2, 0) is 11.3 Å². The molecule has 72 valence electrons. The molecule has 0 unspecified atom stereocenters. The third-order valence-electron chi connectivity index (χ3n) is 1.63. The lowest BCUT2D eigenvalue weighted by Gasteiger charge is -2.08. The molecule has 2 nitrogen and oxygen atoms in total. The Balaban J connectivity index is 3.11. The summed E-state index contributed by atoms with van der Waals surface area (Å²) in [4.78, 5) is 0. The van der Waals surface area contributed by atoms with Gasteiger partial charge in [0.1, 0.15) is 0 Å². The van der Waals surface area contributed by atoms with Crippen molar-refractivity contribution in [3.05, 3.63) is 28.0 Å². The van der Waals surface area contributed by atoms with E-state index in [9.17, 15) is 4.39 Å². The molecule has 0 aliphatic carbocycles. The van der Waals surface area contributed by atoms with Gasteiger partial charge in [-0.2, -0.15) is 0 Å². The van der Waals surface area contributed by atoms with Crippen LogP contribution >= 0.6 is 15.9 Å². The minimum absolute atomic E-state index is 0.217. The van der Waals surface area contributed by atoms with Crippen molar-refractivity contribution >= 4 is 15.9 Å². The van der Waals surface area contributed by atoms with Gasteiger partial charge >= 0.3 is 0 Å². The summed E-state index contributed by atoms with van der Waals surface area (Å²) in [7, 11) is 2.95. The standard InChI is InChI=1S/C9H10BrFO2/c1-12-5-6-3-4-7(10)9(13-2)8(6)11/h3-4H,5H2,1-2H3. The molecule has 4 heteroatoms. The van der Waals surface area contributed by atoms with Crippen LogP contribution in [0.5, 0.6) is 5.75 Å². The third kappa shape index (κ3) is 2.19. The quantitative estimate of drug-likeness (QED) is 0.819. The molecule has 0 aliphatic heterocycles. The molecule has 0 aromatic heterocycles. The minimum atomic E-state index is -0.376. The summed E-state index contributed by atoms with van der Waals surface area (Å²) in [6.07, 6.45) is 0. The number of hydrogen-bond donors (Lipinski definition) is 0. The van der Waals surface area contributed by atoms with E-state index in [1.54, 1.807) is 12.1 Å². The smallest absolute Gasteiger partial charge is 0.171 e. The van der Waals surface area contributed by atoms with Crippen LogP contribution in [-0.4, -0.2) is 14.2 Å². The molecule has 0 spiro atoms. The minimum Gasteiger partial charge on any atom is -0.492 e. The van der Waals surface area contributed by atoms with Crippen molar-refractivity contribution < 1.29 is 13.9 Å². The first-order chi connectivity index (χ1) is 6.20. The highest BCUT2D eigenvalue weighted by Gasteiger charge is 2.11. The van der Waals surface area contributed by atoms with E-state index < -0.39 is 0 Å². The molecular formula is C9H10BrFO2. The van der Waals surface area contributed by atoms with E-state index in [1.165, 1.54) is 14.2 Å². The molecule has 1 aromatic rings. The van der Waals surface area contributed by atoms with Crippen molar-refractivity contribution in [2.24, 2.45) is 0 Å². The lowest BCUT2D eigenvalue weighted by molar-refractivity contribution is 0.180. The van der Waals surface area contributed by atoms with Crippen molar-refractivity contribution in [1.82, 2.24) is 0 Å². The van der Waals surface area contributed by atoms with E-state index in [-0.39, 0.29) is 18.2 Å². The van der Waals surface area contributed by atoms with E-state index >= 15 is 0 Å². The molecule has 0 bridgehead atoms. The zero-order valence-corrected chi connectivity index (χ0v) is 9.02. The summed E-state index contributed by atoms with van der Waals surface area (Å²) < 4.78 is 23.8. The van der Waals surface area contributed by atoms with E-state index in [0.29, 0.717) is 10.0 Å². The van der Waals surface area contributed by atoms with Gasteiger partial charge < -0.3 is 9.47 Å². The van der Waals surface area contributed by atoms with Crippen molar-refractivity contribution in [2.45, 2.75) is 6.61 Å². The van der Waals surface area contributed by atoms with E-state index in [2.05, 4.69) is 15.9 Å². The highest BCUT2D eigenvalue weighted by Crippen LogP contribution is 2.30. The van der Waals surface area contributed by atoms with Crippen LogP contribution in [0.2, 0.25) is 0 Å². The lowest BCUT2D eigenvalue weighted by Crippen LogP contribution is -1.97. The molecule has 0 fully saturated rings. The van der Waals surface area contributed by atoms with Crippen LogP contribution in [0.15, 0.2) is 16.6 Å². The SMILES string of the molecule is COCc1ccc(Br)c(OC)c1F. The highest BCUT2D eigenvalue weighted by atomic mass is 79.9. The van der Waals surface area contributed by atoms with Crippen LogP contribution in [0.4, 0.5) is 4.39 Å². The maximum Gasteiger partial charge on any atom is 0.171 e. The van der Waals surface area contributed by atoms with Gasteiger partial charge in [0.15, 0.2) is 11.6 Å². The molecule has 0 radical (unpaired) electrons. The number of halogens is 2. The van der Waals surface area contributed by atoms with Gasteiger partial charge in [0, 0.05) is 12.7 Å². The zero-order valence-electron chi connectivity index (χ0n) is 7.43. The number of rotatable bonds is 3. The van der Waals surface area contributed by atoms with Gasteiger partial charge in [-0.3, -0.25) is 0 Å². The fraction of sp³-hybridized carbons (Fsp3) is 0.333. The summed E-state index contributed by atoms with van der Waals surface area (Å²) in [6, 6.07) is 3.39. The van der Waals surface area contributed by atoms with Gasteiger partial charge in [-0.25, -0.2) is 4.39 Å². The molecule has 0 N–H and O–H groups in total. The van der Waals surface area contributed by atoms with Crippen LogP contribution < -0.4 is 4.74 Å².